The molecule has 0 aliphatic heterocycles. The van der Waals surface area contributed by atoms with Gasteiger partial charge in [-0.15, -0.1) is 0 Å². The van der Waals surface area contributed by atoms with Gasteiger partial charge in [-0.1, -0.05) is 0 Å². The molecule has 0 unspecified atom stereocenters. The van der Waals surface area contributed by atoms with Crippen molar-refractivity contribution in [2.75, 3.05) is 39.4 Å². The Morgan fingerprint density at radius 2 is 1.73 bits per heavy atom. The molecule has 0 aliphatic carbocycles. The minimum atomic E-state index is 0.234. The summed E-state index contributed by atoms with van der Waals surface area (Å²) in [5, 5.41) is 3.02. The number of anilines is 2. The van der Waals surface area contributed by atoms with Gasteiger partial charge < -0.3 is 25.3 Å². The van der Waals surface area contributed by atoms with Crippen LogP contribution in [0.25, 0.3) is 0 Å². The van der Waals surface area contributed by atoms with Crippen molar-refractivity contribution >= 4 is 11.8 Å². The summed E-state index contributed by atoms with van der Waals surface area (Å²) in [6, 6.07) is 3.80. The minimum Gasteiger partial charge on any atom is -0.493 e. The highest BCUT2D eigenvalue weighted by Gasteiger charge is 2.14. The fourth-order valence-corrected chi connectivity index (χ4v) is 2.22. The van der Waals surface area contributed by atoms with E-state index in [0.717, 1.165) is 11.1 Å². The first-order valence-electron chi connectivity index (χ1n) is 6.71. The molecule has 1 aromatic heterocycles. The van der Waals surface area contributed by atoms with E-state index in [1.807, 2.05) is 12.1 Å². The lowest BCUT2D eigenvalue weighted by Crippen LogP contribution is -2.05. The quantitative estimate of drug-likeness (QED) is 0.839. The van der Waals surface area contributed by atoms with Crippen LogP contribution in [0.4, 0.5) is 11.8 Å². The van der Waals surface area contributed by atoms with Gasteiger partial charge >= 0.3 is 0 Å². The topological polar surface area (TPSA) is 91.5 Å². The SMILES string of the molecule is CNc1nc(N)ncc1Cc1cc(OC)c(OC)c(OC)c1. The van der Waals surface area contributed by atoms with Crippen molar-refractivity contribution in [3.05, 3.63) is 29.5 Å². The fourth-order valence-electron chi connectivity index (χ4n) is 2.22. The molecule has 7 nitrogen and oxygen atoms in total. The number of ether oxygens (including phenoxy) is 3. The number of benzene rings is 1. The molecule has 0 amide bonds. The molecule has 1 aromatic carbocycles. The zero-order chi connectivity index (χ0) is 16.1. The summed E-state index contributed by atoms with van der Waals surface area (Å²) in [5.41, 5.74) is 7.51. The molecule has 0 fully saturated rings. The summed E-state index contributed by atoms with van der Waals surface area (Å²) in [6.45, 7) is 0. The molecule has 0 saturated carbocycles. The summed E-state index contributed by atoms with van der Waals surface area (Å²) >= 11 is 0. The average molecular weight is 304 g/mol. The summed E-state index contributed by atoms with van der Waals surface area (Å²) < 4.78 is 16.0. The Morgan fingerprint density at radius 3 is 2.23 bits per heavy atom. The van der Waals surface area contributed by atoms with Gasteiger partial charge in [0.1, 0.15) is 5.82 Å². The van der Waals surface area contributed by atoms with Crippen molar-refractivity contribution in [1.29, 1.82) is 0 Å². The first kappa shape index (κ1) is 15.7. The van der Waals surface area contributed by atoms with E-state index in [0.29, 0.717) is 29.5 Å². The third kappa shape index (κ3) is 3.13. The minimum absolute atomic E-state index is 0.234. The lowest BCUT2D eigenvalue weighted by Gasteiger charge is -2.15. The van der Waals surface area contributed by atoms with Crippen LogP contribution in [0.1, 0.15) is 11.1 Å². The highest BCUT2D eigenvalue weighted by atomic mass is 16.5. The maximum Gasteiger partial charge on any atom is 0.221 e. The molecule has 0 bridgehead atoms. The molecule has 3 N–H and O–H groups in total. The Balaban J connectivity index is 2.41. The van der Waals surface area contributed by atoms with Crippen LogP contribution < -0.4 is 25.3 Å². The van der Waals surface area contributed by atoms with Gasteiger partial charge in [0, 0.05) is 25.2 Å². The Kier molecular flexibility index (Phi) is 4.88. The maximum atomic E-state index is 5.61. The zero-order valence-corrected chi connectivity index (χ0v) is 13.1. The number of nitrogens with zero attached hydrogens (tertiary/aromatic N) is 2. The van der Waals surface area contributed by atoms with E-state index in [1.165, 1.54) is 0 Å². The van der Waals surface area contributed by atoms with E-state index in [4.69, 9.17) is 19.9 Å². The summed E-state index contributed by atoms with van der Waals surface area (Å²) in [7, 11) is 6.55. The molecular formula is C15H20N4O3. The lowest BCUT2D eigenvalue weighted by atomic mass is 10.1. The van der Waals surface area contributed by atoms with Crippen LogP contribution in [-0.2, 0) is 6.42 Å². The zero-order valence-electron chi connectivity index (χ0n) is 13.1. The molecule has 2 aromatic rings. The van der Waals surface area contributed by atoms with Crippen LogP contribution in [0.15, 0.2) is 18.3 Å². The van der Waals surface area contributed by atoms with Crippen molar-refractivity contribution in [1.82, 2.24) is 9.97 Å². The van der Waals surface area contributed by atoms with Gasteiger partial charge in [0.25, 0.3) is 0 Å². The van der Waals surface area contributed by atoms with Gasteiger partial charge in [0.15, 0.2) is 11.5 Å². The second-order valence-electron chi connectivity index (χ2n) is 4.56. The number of nitrogen functional groups attached to an aromatic ring is 1. The van der Waals surface area contributed by atoms with Gasteiger partial charge in [-0.05, 0) is 17.7 Å². The summed E-state index contributed by atoms with van der Waals surface area (Å²) in [6.07, 6.45) is 2.31. The molecule has 0 spiro atoms. The number of methoxy groups -OCH3 is 3. The second-order valence-corrected chi connectivity index (χ2v) is 4.56. The average Bonchev–Trinajstić information content (AvgIpc) is 2.55. The van der Waals surface area contributed by atoms with Gasteiger partial charge in [-0.2, -0.15) is 4.98 Å². The summed E-state index contributed by atoms with van der Waals surface area (Å²) in [5.74, 6) is 2.72. The van der Waals surface area contributed by atoms with Crippen LogP contribution >= 0.6 is 0 Å². The summed E-state index contributed by atoms with van der Waals surface area (Å²) in [4.78, 5) is 8.22. The molecule has 1 heterocycles. The van der Waals surface area contributed by atoms with Crippen LogP contribution in [0, 0.1) is 0 Å². The number of nitrogens with one attached hydrogen (secondary N) is 1. The molecule has 0 saturated heterocycles. The lowest BCUT2D eigenvalue weighted by molar-refractivity contribution is 0.324. The molecule has 7 heteroatoms. The smallest absolute Gasteiger partial charge is 0.221 e. The van der Waals surface area contributed by atoms with E-state index in [-0.39, 0.29) is 5.95 Å². The first-order chi connectivity index (χ1) is 10.6. The van der Waals surface area contributed by atoms with Crippen LogP contribution in [0.3, 0.4) is 0 Å². The molecule has 118 valence electrons. The van der Waals surface area contributed by atoms with Crippen LogP contribution in [0.2, 0.25) is 0 Å². The fraction of sp³-hybridized carbons (Fsp3) is 0.333. The van der Waals surface area contributed by atoms with Crippen LogP contribution in [0.5, 0.6) is 17.2 Å². The third-order valence-corrected chi connectivity index (χ3v) is 3.24. The van der Waals surface area contributed by atoms with Gasteiger partial charge in [-0.25, -0.2) is 4.98 Å². The van der Waals surface area contributed by atoms with Gasteiger partial charge in [0.2, 0.25) is 11.7 Å². The molecule has 0 atom stereocenters. The molecule has 0 radical (unpaired) electrons. The highest BCUT2D eigenvalue weighted by molar-refractivity contribution is 5.56. The van der Waals surface area contributed by atoms with E-state index >= 15 is 0 Å². The standard InChI is InChI=1S/C15H20N4O3/c1-17-14-10(8-18-15(16)19-14)5-9-6-11(20-2)13(22-4)12(7-9)21-3/h6-8H,5H2,1-4H3,(H3,16,17,18,19). The van der Waals surface area contributed by atoms with Crippen LogP contribution in [-0.4, -0.2) is 38.3 Å². The predicted octanol–water partition coefficient (Wildman–Crippen LogP) is 1.72. The maximum absolute atomic E-state index is 5.61. The normalized spacial score (nSPS) is 10.2. The number of hydrogen-bond donors (Lipinski definition) is 2. The molecule has 0 aliphatic rings. The Hall–Kier alpha value is -2.70. The largest absolute Gasteiger partial charge is 0.493 e. The number of hydrogen-bond acceptors (Lipinski definition) is 7. The number of rotatable bonds is 6. The monoisotopic (exact) mass is 304 g/mol. The van der Waals surface area contributed by atoms with Crippen molar-refractivity contribution in [3.63, 3.8) is 0 Å². The predicted molar refractivity (Wildman–Crippen MR) is 84.9 cm³/mol. The van der Waals surface area contributed by atoms with Crippen molar-refractivity contribution < 1.29 is 14.2 Å². The van der Waals surface area contributed by atoms with Crippen molar-refractivity contribution in [3.8, 4) is 17.2 Å². The van der Waals surface area contributed by atoms with E-state index in [2.05, 4.69) is 15.3 Å². The highest BCUT2D eigenvalue weighted by Crippen LogP contribution is 2.38. The Bertz CT molecular complexity index is 636. The van der Waals surface area contributed by atoms with E-state index in [9.17, 15) is 0 Å². The number of nitrogens with two attached hydrogens (primary N) is 1. The van der Waals surface area contributed by atoms with E-state index in [1.54, 1.807) is 34.6 Å². The first-order valence-corrected chi connectivity index (χ1v) is 6.71. The van der Waals surface area contributed by atoms with Crippen molar-refractivity contribution in [2.24, 2.45) is 0 Å². The van der Waals surface area contributed by atoms with Gasteiger partial charge in [-0.3, -0.25) is 0 Å². The van der Waals surface area contributed by atoms with Gasteiger partial charge in [0.05, 0.1) is 21.3 Å². The second kappa shape index (κ2) is 6.84. The number of aromatic nitrogens is 2. The Morgan fingerprint density at radius 1 is 1.09 bits per heavy atom. The Labute approximate surface area is 129 Å². The molecule has 22 heavy (non-hydrogen) atoms. The molecular weight excluding hydrogens is 284 g/mol. The third-order valence-electron chi connectivity index (χ3n) is 3.24. The molecule has 2 rings (SSSR count). The van der Waals surface area contributed by atoms with Crippen molar-refractivity contribution in [2.45, 2.75) is 6.42 Å². The van der Waals surface area contributed by atoms with E-state index < -0.39 is 0 Å².